The summed E-state index contributed by atoms with van der Waals surface area (Å²) in [5, 5.41) is 3.20. The molecule has 1 aliphatic carbocycles. The molecule has 2 fully saturated rings. The minimum Gasteiger partial charge on any atom is -0.352 e. The van der Waals surface area contributed by atoms with Gasteiger partial charge >= 0.3 is 0 Å². The average molecular weight is 344 g/mol. The third-order valence-corrected chi connectivity index (χ3v) is 5.83. The molecule has 1 saturated heterocycles. The van der Waals surface area contributed by atoms with E-state index in [1.54, 1.807) is 0 Å². The molecule has 1 aromatic rings. The number of carbonyl (C=O) groups is 1. The van der Waals surface area contributed by atoms with Crippen LogP contribution < -0.4 is 11.1 Å². The summed E-state index contributed by atoms with van der Waals surface area (Å²) in [5.74, 6) is 0.717. The number of carbonyl (C=O) groups excluding carboxylic acids is 1. The number of hydrogen-bond acceptors (Lipinski definition) is 3. The Morgan fingerprint density at radius 2 is 1.76 bits per heavy atom. The first-order valence-electron chi connectivity index (χ1n) is 10.0. The minimum atomic E-state index is -0.328. The van der Waals surface area contributed by atoms with Gasteiger partial charge in [-0.25, -0.2) is 0 Å². The first-order chi connectivity index (χ1) is 12.2. The van der Waals surface area contributed by atoms with E-state index in [-0.39, 0.29) is 18.0 Å². The van der Waals surface area contributed by atoms with Crippen LogP contribution in [0, 0.1) is 5.92 Å². The number of amides is 1. The third-order valence-electron chi connectivity index (χ3n) is 5.83. The van der Waals surface area contributed by atoms with E-state index in [4.69, 9.17) is 5.73 Å². The van der Waals surface area contributed by atoms with Crippen LogP contribution in [0.2, 0.25) is 0 Å². The molecule has 3 N–H and O–H groups in total. The lowest BCUT2D eigenvalue weighted by molar-refractivity contribution is -0.123. The molecule has 0 radical (unpaired) electrons. The second-order valence-electron chi connectivity index (χ2n) is 7.89. The van der Waals surface area contributed by atoms with E-state index in [9.17, 15) is 4.79 Å². The molecule has 1 saturated carbocycles. The Labute approximate surface area is 152 Å². The summed E-state index contributed by atoms with van der Waals surface area (Å²) in [5.41, 5.74) is 7.53. The second-order valence-corrected chi connectivity index (χ2v) is 7.89. The lowest BCUT2D eigenvalue weighted by atomic mass is 9.85. The summed E-state index contributed by atoms with van der Waals surface area (Å²) < 4.78 is 0. The molecular formula is C21H33N3O. The predicted molar refractivity (Wildman–Crippen MR) is 102 cm³/mol. The van der Waals surface area contributed by atoms with Crippen molar-refractivity contribution in [2.24, 2.45) is 11.7 Å². The Bertz CT molecular complexity index is 519. The molecule has 2 aliphatic rings. The van der Waals surface area contributed by atoms with Crippen LogP contribution in [-0.4, -0.2) is 36.0 Å². The van der Waals surface area contributed by atoms with Crippen molar-refractivity contribution < 1.29 is 4.79 Å². The topological polar surface area (TPSA) is 58.4 Å². The van der Waals surface area contributed by atoms with E-state index in [0.717, 1.165) is 38.9 Å². The maximum atomic E-state index is 12.4. The summed E-state index contributed by atoms with van der Waals surface area (Å²) in [6.07, 6.45) is 9.36. The van der Waals surface area contributed by atoms with Gasteiger partial charge in [-0.3, -0.25) is 9.69 Å². The number of rotatable bonds is 6. The van der Waals surface area contributed by atoms with E-state index < -0.39 is 0 Å². The Balaban J connectivity index is 1.37. The van der Waals surface area contributed by atoms with Crippen molar-refractivity contribution in [3.63, 3.8) is 0 Å². The van der Waals surface area contributed by atoms with Crippen molar-refractivity contribution in [1.82, 2.24) is 10.2 Å². The number of likely N-dealkylation sites (tertiary alicyclic amines) is 1. The summed E-state index contributed by atoms with van der Waals surface area (Å²) in [4.78, 5) is 14.9. The molecule has 0 bridgehead atoms. The zero-order valence-corrected chi connectivity index (χ0v) is 15.3. The normalized spacial score (nSPS) is 21.8. The van der Waals surface area contributed by atoms with Crippen molar-refractivity contribution in [1.29, 1.82) is 0 Å². The Hall–Kier alpha value is -1.39. The zero-order valence-electron chi connectivity index (χ0n) is 15.3. The first kappa shape index (κ1) is 18.4. The van der Waals surface area contributed by atoms with Crippen molar-refractivity contribution in [3.8, 4) is 0 Å². The fourth-order valence-corrected chi connectivity index (χ4v) is 4.27. The SMILES string of the molecule is NC(CC1CCCCC1)C(=O)NC1CCN(Cc2ccccc2)CC1. The average Bonchev–Trinajstić information content (AvgIpc) is 2.65. The number of nitrogens with zero attached hydrogens (tertiary/aromatic N) is 1. The second kappa shape index (κ2) is 9.35. The molecule has 1 aromatic carbocycles. The molecule has 4 heteroatoms. The van der Waals surface area contributed by atoms with Crippen LogP contribution >= 0.6 is 0 Å². The Morgan fingerprint density at radius 3 is 2.44 bits per heavy atom. The van der Waals surface area contributed by atoms with Crippen LogP contribution in [0.5, 0.6) is 0 Å². The van der Waals surface area contributed by atoms with Gasteiger partial charge in [0.05, 0.1) is 6.04 Å². The molecule has 1 amide bonds. The number of hydrogen-bond donors (Lipinski definition) is 2. The number of benzene rings is 1. The molecule has 4 nitrogen and oxygen atoms in total. The van der Waals surface area contributed by atoms with Gasteiger partial charge in [-0.15, -0.1) is 0 Å². The maximum absolute atomic E-state index is 12.4. The van der Waals surface area contributed by atoms with Crippen LogP contribution in [0.15, 0.2) is 30.3 Å². The van der Waals surface area contributed by atoms with Crippen molar-refractivity contribution >= 4 is 5.91 Å². The summed E-state index contributed by atoms with van der Waals surface area (Å²) in [6, 6.07) is 10.6. The van der Waals surface area contributed by atoms with E-state index in [1.165, 1.54) is 37.7 Å². The zero-order chi connectivity index (χ0) is 17.5. The fraction of sp³-hybridized carbons (Fsp3) is 0.667. The highest BCUT2D eigenvalue weighted by Gasteiger charge is 2.25. The third kappa shape index (κ3) is 5.82. The van der Waals surface area contributed by atoms with Crippen LogP contribution in [0.4, 0.5) is 0 Å². The molecule has 1 atom stereocenters. The van der Waals surface area contributed by atoms with E-state index in [0.29, 0.717) is 5.92 Å². The van der Waals surface area contributed by atoms with Gasteiger partial charge in [-0.2, -0.15) is 0 Å². The molecule has 3 rings (SSSR count). The highest BCUT2D eigenvalue weighted by molar-refractivity contribution is 5.81. The number of nitrogens with two attached hydrogens (primary N) is 1. The molecule has 1 aliphatic heterocycles. The molecular weight excluding hydrogens is 310 g/mol. The minimum absolute atomic E-state index is 0.0621. The lowest BCUT2D eigenvalue weighted by Gasteiger charge is -2.33. The van der Waals surface area contributed by atoms with E-state index in [2.05, 4.69) is 40.5 Å². The summed E-state index contributed by atoms with van der Waals surface area (Å²) in [6.45, 7) is 3.08. The van der Waals surface area contributed by atoms with Gasteiger partial charge < -0.3 is 11.1 Å². The van der Waals surface area contributed by atoms with Gasteiger partial charge in [0.1, 0.15) is 0 Å². The smallest absolute Gasteiger partial charge is 0.237 e. The van der Waals surface area contributed by atoms with Gasteiger partial charge in [-0.05, 0) is 30.7 Å². The Morgan fingerprint density at radius 1 is 1.08 bits per heavy atom. The number of piperidine rings is 1. The molecule has 0 spiro atoms. The highest BCUT2D eigenvalue weighted by Crippen LogP contribution is 2.27. The van der Waals surface area contributed by atoms with Gasteiger partial charge in [0.2, 0.25) is 5.91 Å². The molecule has 1 unspecified atom stereocenters. The van der Waals surface area contributed by atoms with E-state index in [1.807, 2.05) is 0 Å². The van der Waals surface area contributed by atoms with Crippen LogP contribution in [0.25, 0.3) is 0 Å². The molecule has 138 valence electrons. The van der Waals surface area contributed by atoms with Crippen molar-refractivity contribution in [2.45, 2.75) is 70.0 Å². The van der Waals surface area contributed by atoms with Gasteiger partial charge in [0, 0.05) is 25.7 Å². The quantitative estimate of drug-likeness (QED) is 0.834. The molecule has 1 heterocycles. The Kier molecular flexibility index (Phi) is 6.88. The van der Waals surface area contributed by atoms with Crippen LogP contribution in [-0.2, 0) is 11.3 Å². The maximum Gasteiger partial charge on any atom is 0.237 e. The van der Waals surface area contributed by atoms with Gasteiger partial charge in [0.25, 0.3) is 0 Å². The largest absolute Gasteiger partial charge is 0.352 e. The van der Waals surface area contributed by atoms with Crippen LogP contribution in [0.1, 0.15) is 56.9 Å². The number of nitrogens with one attached hydrogen (secondary N) is 1. The summed E-state index contributed by atoms with van der Waals surface area (Å²) >= 11 is 0. The molecule has 0 aromatic heterocycles. The van der Waals surface area contributed by atoms with Crippen LogP contribution in [0.3, 0.4) is 0 Å². The highest BCUT2D eigenvalue weighted by atomic mass is 16.2. The standard InChI is InChI=1S/C21H33N3O/c22-20(15-17-7-3-1-4-8-17)21(25)23-19-11-13-24(14-12-19)16-18-9-5-2-6-10-18/h2,5-6,9-10,17,19-20H,1,3-4,7-8,11-16,22H2,(H,23,25). The van der Waals surface area contributed by atoms with E-state index >= 15 is 0 Å². The molecule has 25 heavy (non-hydrogen) atoms. The lowest BCUT2D eigenvalue weighted by Crippen LogP contribution is -2.50. The van der Waals surface area contributed by atoms with Gasteiger partial charge in [-0.1, -0.05) is 62.4 Å². The summed E-state index contributed by atoms with van der Waals surface area (Å²) in [7, 11) is 0. The van der Waals surface area contributed by atoms with Gasteiger partial charge in [0.15, 0.2) is 0 Å². The monoisotopic (exact) mass is 343 g/mol. The van der Waals surface area contributed by atoms with Crippen molar-refractivity contribution in [3.05, 3.63) is 35.9 Å². The predicted octanol–water partition coefficient (Wildman–Crippen LogP) is 3.06. The first-order valence-corrected chi connectivity index (χ1v) is 10.0. The fourth-order valence-electron chi connectivity index (χ4n) is 4.27. The van der Waals surface area contributed by atoms with Crippen molar-refractivity contribution in [2.75, 3.05) is 13.1 Å².